The lowest BCUT2D eigenvalue weighted by atomic mass is 10.1. The third-order valence-corrected chi connectivity index (χ3v) is 7.29. The van der Waals surface area contributed by atoms with E-state index in [1.54, 1.807) is 36.8 Å². The monoisotopic (exact) mass is 468 g/mol. The molecule has 1 aliphatic rings. The summed E-state index contributed by atoms with van der Waals surface area (Å²) >= 11 is 5.87. The minimum Gasteiger partial charge on any atom is -0.354 e. The fraction of sp³-hybridized carbons (Fsp3) is 0.474. The summed E-state index contributed by atoms with van der Waals surface area (Å²) in [5.41, 5.74) is 0. The number of sulfonamides is 1. The largest absolute Gasteiger partial charge is 0.354 e. The van der Waals surface area contributed by atoms with Gasteiger partial charge in [0, 0.05) is 51.2 Å². The van der Waals surface area contributed by atoms with E-state index in [0.717, 1.165) is 5.82 Å². The number of pyridine rings is 1. The first-order valence-corrected chi connectivity index (χ1v) is 11.9. The molecule has 0 bridgehead atoms. The Morgan fingerprint density at radius 1 is 1.16 bits per heavy atom. The number of hydrogen-bond donors (Lipinski definition) is 1. The van der Waals surface area contributed by atoms with Gasteiger partial charge < -0.3 is 4.90 Å². The van der Waals surface area contributed by atoms with Gasteiger partial charge in [0.25, 0.3) is 0 Å². The molecule has 2 aromatic rings. The first kappa shape index (κ1) is 23.3. The third-order valence-electron chi connectivity index (χ3n) is 5.11. The molecule has 10 nitrogen and oxygen atoms in total. The fourth-order valence-electron chi connectivity index (χ4n) is 3.43. The molecule has 12 heteroatoms. The molecule has 1 amide bonds. The van der Waals surface area contributed by atoms with E-state index >= 15 is 0 Å². The molecule has 0 radical (unpaired) electrons. The minimum atomic E-state index is -3.67. The van der Waals surface area contributed by atoms with E-state index in [9.17, 15) is 18.4 Å². The summed E-state index contributed by atoms with van der Waals surface area (Å²) in [5.74, 6) is 1.02. The summed E-state index contributed by atoms with van der Waals surface area (Å²) < 4.78 is 27.3. The van der Waals surface area contributed by atoms with Crippen molar-refractivity contribution in [2.75, 3.05) is 36.8 Å². The van der Waals surface area contributed by atoms with Crippen LogP contribution < -0.4 is 4.90 Å². The Morgan fingerprint density at radius 3 is 2.48 bits per heavy atom. The van der Waals surface area contributed by atoms with Crippen LogP contribution in [-0.2, 0) is 21.2 Å². The average Bonchev–Trinajstić information content (AvgIpc) is 2.79. The molecule has 0 aromatic carbocycles. The summed E-state index contributed by atoms with van der Waals surface area (Å²) in [5, 5.41) is 10.9. The summed E-state index contributed by atoms with van der Waals surface area (Å²) in [6.07, 6.45) is 6.42. The van der Waals surface area contributed by atoms with Crippen LogP contribution in [0.15, 0.2) is 36.8 Å². The van der Waals surface area contributed by atoms with Crippen LogP contribution >= 0.6 is 11.6 Å². The van der Waals surface area contributed by atoms with E-state index in [1.165, 1.54) is 4.31 Å². The molecule has 3 heterocycles. The number of anilines is 1. The van der Waals surface area contributed by atoms with Crippen molar-refractivity contribution in [3.63, 3.8) is 0 Å². The molecule has 3 rings (SSSR count). The molecule has 0 aliphatic carbocycles. The Labute approximate surface area is 186 Å². The fourth-order valence-corrected chi connectivity index (χ4v) is 5.28. The van der Waals surface area contributed by atoms with Gasteiger partial charge in [0.1, 0.15) is 11.6 Å². The van der Waals surface area contributed by atoms with E-state index in [2.05, 4.69) is 15.0 Å². The highest BCUT2D eigenvalue weighted by Crippen LogP contribution is 2.19. The predicted molar refractivity (Wildman–Crippen MR) is 115 cm³/mol. The second-order valence-corrected chi connectivity index (χ2v) is 9.65. The van der Waals surface area contributed by atoms with Crippen molar-refractivity contribution in [3.8, 4) is 0 Å². The summed E-state index contributed by atoms with van der Waals surface area (Å²) in [6.45, 7) is 1.56. The molecule has 1 N–H and O–H groups in total. The lowest BCUT2D eigenvalue weighted by molar-refractivity contribution is -0.158. The molecule has 1 fully saturated rings. The summed E-state index contributed by atoms with van der Waals surface area (Å²) in [6, 6.07) is 4.41. The van der Waals surface area contributed by atoms with Gasteiger partial charge in [-0.15, -0.1) is 0 Å². The Morgan fingerprint density at radius 2 is 1.87 bits per heavy atom. The van der Waals surface area contributed by atoms with Gasteiger partial charge in [0.15, 0.2) is 0 Å². The van der Waals surface area contributed by atoms with Crippen molar-refractivity contribution in [1.82, 2.24) is 24.3 Å². The van der Waals surface area contributed by atoms with Crippen molar-refractivity contribution in [1.29, 1.82) is 0 Å². The maximum Gasteiger partial charge on any atom is 0.233 e. The minimum absolute atomic E-state index is 0.239. The van der Waals surface area contributed by atoms with E-state index in [4.69, 9.17) is 11.6 Å². The zero-order chi connectivity index (χ0) is 22.3. The molecular weight excluding hydrogens is 444 g/mol. The van der Waals surface area contributed by atoms with Crippen molar-refractivity contribution in [2.45, 2.75) is 25.3 Å². The normalized spacial score (nSPS) is 16.1. The highest BCUT2D eigenvalue weighted by atomic mass is 35.5. The van der Waals surface area contributed by atoms with Crippen molar-refractivity contribution in [2.24, 2.45) is 0 Å². The number of carbonyl (C=O) groups is 1. The molecule has 168 valence electrons. The number of hydrogen-bond acceptors (Lipinski definition) is 8. The number of aromatic nitrogens is 3. The number of hydroxylamine groups is 2. The molecule has 1 saturated heterocycles. The number of piperazine rings is 1. The molecule has 2 aromatic heterocycles. The molecule has 1 aliphatic heterocycles. The van der Waals surface area contributed by atoms with Crippen LogP contribution in [0.1, 0.15) is 18.7 Å². The lowest BCUT2D eigenvalue weighted by Gasteiger charge is -2.35. The quantitative estimate of drug-likeness (QED) is 0.314. The first-order chi connectivity index (χ1) is 14.9. The Hall–Kier alpha value is -2.34. The van der Waals surface area contributed by atoms with Gasteiger partial charge in [0.05, 0.1) is 16.8 Å². The average molecular weight is 469 g/mol. The van der Waals surface area contributed by atoms with Crippen LogP contribution in [0.25, 0.3) is 0 Å². The van der Waals surface area contributed by atoms with Gasteiger partial charge in [-0.3, -0.25) is 10.0 Å². The number of aryl methyl sites for hydroxylation is 1. The molecular formula is C19H25ClN6O4S. The second kappa shape index (κ2) is 10.8. The Bertz CT molecular complexity index is 940. The lowest BCUT2D eigenvalue weighted by Crippen LogP contribution is -2.51. The molecule has 1 atom stereocenters. The smallest absolute Gasteiger partial charge is 0.233 e. The summed E-state index contributed by atoms with van der Waals surface area (Å²) in [7, 11) is -3.67. The van der Waals surface area contributed by atoms with Crippen molar-refractivity contribution < 1.29 is 18.4 Å². The van der Waals surface area contributed by atoms with Gasteiger partial charge in [-0.1, -0.05) is 11.6 Å². The van der Waals surface area contributed by atoms with E-state index < -0.39 is 16.1 Å². The number of nitrogens with zero attached hydrogens (tertiary/aromatic N) is 6. The zero-order valence-electron chi connectivity index (χ0n) is 16.9. The first-order valence-electron chi connectivity index (χ1n) is 9.92. The standard InChI is InChI=1S/C19H25ClN6O4S/c20-16-5-6-19(23-13-16)24-9-11-25(12-10-24)31(29,30)14-17(26(28)15-27)3-1-4-18-21-7-2-8-22-18/h2,5-8,13,15,17,28H,1,3-4,9-12,14H2/t17-/m0/s1. The molecule has 0 spiro atoms. The Balaban J connectivity index is 1.56. The Kier molecular flexibility index (Phi) is 8.13. The SMILES string of the molecule is O=CN(O)[C@@H](CCCc1ncccn1)CS(=O)(=O)N1CCN(c2ccc(Cl)cn2)CC1. The highest BCUT2D eigenvalue weighted by molar-refractivity contribution is 7.89. The number of carbonyl (C=O) groups excluding carboxylic acids is 1. The number of rotatable bonds is 10. The second-order valence-electron chi connectivity index (χ2n) is 7.20. The summed E-state index contributed by atoms with van der Waals surface area (Å²) in [4.78, 5) is 25.6. The van der Waals surface area contributed by atoms with Gasteiger partial charge in [-0.25, -0.2) is 28.4 Å². The molecule has 31 heavy (non-hydrogen) atoms. The maximum atomic E-state index is 12.9. The van der Waals surface area contributed by atoms with Crippen LogP contribution in [0.5, 0.6) is 0 Å². The molecule has 0 unspecified atom stereocenters. The maximum absolute atomic E-state index is 12.9. The van der Waals surface area contributed by atoms with Crippen molar-refractivity contribution in [3.05, 3.63) is 47.6 Å². The van der Waals surface area contributed by atoms with Crippen LogP contribution in [0.3, 0.4) is 0 Å². The topological polar surface area (TPSA) is 120 Å². The van der Waals surface area contributed by atoms with Crippen LogP contribution in [-0.4, -0.2) is 82.3 Å². The van der Waals surface area contributed by atoms with Crippen LogP contribution in [0, 0.1) is 0 Å². The third kappa shape index (κ3) is 6.57. The van der Waals surface area contributed by atoms with Crippen LogP contribution in [0.2, 0.25) is 5.02 Å². The molecule has 0 saturated carbocycles. The predicted octanol–water partition coefficient (Wildman–Crippen LogP) is 1.22. The number of amides is 1. The zero-order valence-corrected chi connectivity index (χ0v) is 18.5. The van der Waals surface area contributed by atoms with E-state index in [-0.39, 0.29) is 12.2 Å². The van der Waals surface area contributed by atoms with Gasteiger partial charge in [0.2, 0.25) is 16.4 Å². The van der Waals surface area contributed by atoms with Gasteiger partial charge in [-0.2, -0.15) is 4.31 Å². The van der Waals surface area contributed by atoms with Crippen molar-refractivity contribution >= 4 is 33.9 Å². The van der Waals surface area contributed by atoms with Crippen LogP contribution in [0.4, 0.5) is 5.82 Å². The number of halogens is 1. The van der Waals surface area contributed by atoms with E-state index in [1.807, 2.05) is 4.90 Å². The van der Waals surface area contributed by atoms with Gasteiger partial charge >= 0.3 is 0 Å². The highest BCUT2D eigenvalue weighted by Gasteiger charge is 2.31. The van der Waals surface area contributed by atoms with Gasteiger partial charge in [-0.05, 0) is 31.0 Å². The van der Waals surface area contributed by atoms with E-state index in [0.29, 0.717) is 61.4 Å².